The van der Waals surface area contributed by atoms with E-state index in [0.717, 1.165) is 0 Å². The molecule has 0 aliphatic heterocycles. The van der Waals surface area contributed by atoms with Crippen LogP contribution >= 0.6 is 23.2 Å². The molecule has 0 saturated heterocycles. The van der Waals surface area contributed by atoms with Gasteiger partial charge in [0.15, 0.2) is 6.61 Å². The van der Waals surface area contributed by atoms with Gasteiger partial charge in [-0.3, -0.25) is 0 Å². The Kier molecular flexibility index (Phi) is 3.27. The normalized spacial score (nSPS) is 10.8. The van der Waals surface area contributed by atoms with Crippen molar-refractivity contribution in [1.82, 2.24) is 9.97 Å². The van der Waals surface area contributed by atoms with Crippen LogP contribution in [-0.2, 0) is 6.61 Å². The van der Waals surface area contributed by atoms with Gasteiger partial charge in [0.1, 0.15) is 11.3 Å². The Hall–Kier alpha value is -1.78. The van der Waals surface area contributed by atoms with Crippen LogP contribution in [0.15, 0.2) is 40.9 Å². The van der Waals surface area contributed by atoms with Crippen molar-refractivity contribution in [2.24, 2.45) is 0 Å². The van der Waals surface area contributed by atoms with Crippen LogP contribution in [0.1, 0.15) is 5.89 Å². The molecule has 0 spiro atoms. The fourth-order valence-corrected chi connectivity index (χ4v) is 1.86. The number of pyridine rings is 1. The van der Waals surface area contributed by atoms with Crippen molar-refractivity contribution in [1.29, 1.82) is 0 Å². The number of fused-ring (bicyclic) bond motifs is 1. The maximum absolute atomic E-state index is 5.83. The van der Waals surface area contributed by atoms with Gasteiger partial charge in [0.2, 0.25) is 11.6 Å². The molecule has 2 aromatic heterocycles. The Bertz CT molecular complexity index is 710. The summed E-state index contributed by atoms with van der Waals surface area (Å²) in [4.78, 5) is 8.28. The Morgan fingerprint density at radius 2 is 1.89 bits per heavy atom. The topological polar surface area (TPSA) is 48.2 Å². The first-order valence-electron chi connectivity index (χ1n) is 5.50. The van der Waals surface area contributed by atoms with E-state index in [4.69, 9.17) is 32.4 Å². The molecule has 0 unspecified atom stereocenters. The van der Waals surface area contributed by atoms with Crippen LogP contribution < -0.4 is 4.74 Å². The Balaban J connectivity index is 1.76. The van der Waals surface area contributed by atoms with E-state index < -0.39 is 0 Å². The molecule has 2 heterocycles. The molecule has 19 heavy (non-hydrogen) atoms. The van der Waals surface area contributed by atoms with Gasteiger partial charge >= 0.3 is 0 Å². The van der Waals surface area contributed by atoms with Gasteiger partial charge in [0.25, 0.3) is 0 Å². The molecule has 6 heteroatoms. The van der Waals surface area contributed by atoms with E-state index in [1.54, 1.807) is 30.3 Å². The first kappa shape index (κ1) is 12.3. The van der Waals surface area contributed by atoms with Crippen LogP contribution in [0.2, 0.25) is 10.0 Å². The summed E-state index contributed by atoms with van der Waals surface area (Å²) in [6.07, 6.45) is 1.51. The molecule has 0 bridgehead atoms. The monoisotopic (exact) mass is 294 g/mol. The molecule has 0 aliphatic rings. The molecular weight excluding hydrogens is 287 g/mol. The molecule has 0 N–H and O–H groups in total. The van der Waals surface area contributed by atoms with Gasteiger partial charge in [0, 0.05) is 11.2 Å². The number of benzene rings is 1. The summed E-state index contributed by atoms with van der Waals surface area (Å²) in [5.74, 6) is 1.14. The highest BCUT2D eigenvalue weighted by Gasteiger charge is 2.08. The van der Waals surface area contributed by atoms with Crippen molar-refractivity contribution in [3.63, 3.8) is 0 Å². The van der Waals surface area contributed by atoms with Crippen molar-refractivity contribution in [3.05, 3.63) is 52.5 Å². The number of ether oxygens (including phenoxy) is 1. The van der Waals surface area contributed by atoms with E-state index in [9.17, 15) is 0 Å². The molecule has 0 amide bonds. The Labute approximate surface area is 118 Å². The summed E-state index contributed by atoms with van der Waals surface area (Å²) in [6, 6.07) is 8.76. The maximum atomic E-state index is 5.83. The Morgan fingerprint density at radius 1 is 1.11 bits per heavy atom. The van der Waals surface area contributed by atoms with Crippen LogP contribution in [0.5, 0.6) is 5.75 Å². The fraction of sp³-hybridized carbons (Fsp3) is 0.0769. The molecule has 3 rings (SSSR count). The maximum Gasteiger partial charge on any atom is 0.247 e. The average Bonchev–Trinajstić information content (AvgIpc) is 2.80. The standard InChI is InChI=1S/C13H8Cl2N2O2/c14-8-1-3-10(4-2-8)18-7-12-17-11-5-9(15)6-16-13(11)19-12/h1-6H,7H2. The van der Waals surface area contributed by atoms with Gasteiger partial charge < -0.3 is 9.15 Å². The molecule has 4 nitrogen and oxygen atoms in total. The lowest BCUT2D eigenvalue weighted by Gasteiger charge is -2.02. The van der Waals surface area contributed by atoms with Crippen LogP contribution in [-0.4, -0.2) is 9.97 Å². The minimum absolute atomic E-state index is 0.218. The summed E-state index contributed by atoms with van der Waals surface area (Å²) < 4.78 is 11.0. The molecular formula is C13H8Cl2N2O2. The summed E-state index contributed by atoms with van der Waals surface area (Å²) in [5, 5.41) is 1.18. The van der Waals surface area contributed by atoms with E-state index in [0.29, 0.717) is 32.9 Å². The third-order valence-electron chi connectivity index (χ3n) is 2.43. The minimum atomic E-state index is 0.218. The highest BCUT2D eigenvalue weighted by Crippen LogP contribution is 2.20. The number of rotatable bonds is 3. The van der Waals surface area contributed by atoms with Crippen LogP contribution in [0, 0.1) is 0 Å². The van der Waals surface area contributed by atoms with Gasteiger partial charge in [-0.15, -0.1) is 0 Å². The van der Waals surface area contributed by atoms with Gasteiger partial charge in [-0.05, 0) is 30.3 Å². The number of halogens is 2. The lowest BCUT2D eigenvalue weighted by atomic mass is 10.3. The second-order valence-electron chi connectivity index (χ2n) is 3.83. The van der Waals surface area contributed by atoms with Gasteiger partial charge in [-0.1, -0.05) is 23.2 Å². The van der Waals surface area contributed by atoms with Crippen molar-refractivity contribution in [2.75, 3.05) is 0 Å². The third kappa shape index (κ3) is 2.80. The second kappa shape index (κ2) is 5.07. The molecule has 3 aromatic rings. The van der Waals surface area contributed by atoms with Crippen LogP contribution in [0.4, 0.5) is 0 Å². The van der Waals surface area contributed by atoms with Gasteiger partial charge in [-0.2, -0.15) is 0 Å². The van der Waals surface area contributed by atoms with E-state index in [2.05, 4.69) is 9.97 Å². The van der Waals surface area contributed by atoms with Crippen molar-refractivity contribution >= 4 is 34.4 Å². The van der Waals surface area contributed by atoms with Crippen molar-refractivity contribution in [2.45, 2.75) is 6.61 Å². The highest BCUT2D eigenvalue weighted by atomic mass is 35.5. The number of oxazole rings is 1. The number of hydrogen-bond acceptors (Lipinski definition) is 4. The minimum Gasteiger partial charge on any atom is -0.484 e. The van der Waals surface area contributed by atoms with Gasteiger partial charge in [0.05, 0.1) is 5.02 Å². The smallest absolute Gasteiger partial charge is 0.247 e. The van der Waals surface area contributed by atoms with E-state index >= 15 is 0 Å². The quantitative estimate of drug-likeness (QED) is 0.729. The molecule has 0 aliphatic carbocycles. The number of hydrogen-bond donors (Lipinski definition) is 0. The predicted octanol–water partition coefficient (Wildman–Crippen LogP) is 4.11. The molecule has 0 radical (unpaired) electrons. The average molecular weight is 295 g/mol. The Morgan fingerprint density at radius 3 is 2.68 bits per heavy atom. The summed E-state index contributed by atoms with van der Waals surface area (Å²) in [6.45, 7) is 0.218. The SMILES string of the molecule is Clc1ccc(OCc2nc3cc(Cl)cnc3o2)cc1. The van der Waals surface area contributed by atoms with Crippen molar-refractivity contribution in [3.8, 4) is 5.75 Å². The lowest BCUT2D eigenvalue weighted by molar-refractivity contribution is 0.266. The van der Waals surface area contributed by atoms with E-state index in [1.807, 2.05) is 0 Å². The van der Waals surface area contributed by atoms with Crippen molar-refractivity contribution < 1.29 is 9.15 Å². The first-order chi connectivity index (χ1) is 9.20. The van der Waals surface area contributed by atoms with Gasteiger partial charge in [-0.25, -0.2) is 9.97 Å². The summed E-state index contributed by atoms with van der Waals surface area (Å²) in [7, 11) is 0. The zero-order valence-electron chi connectivity index (χ0n) is 9.64. The lowest BCUT2D eigenvalue weighted by Crippen LogP contribution is -1.94. The van der Waals surface area contributed by atoms with Crippen LogP contribution in [0.3, 0.4) is 0 Å². The molecule has 0 atom stereocenters. The first-order valence-corrected chi connectivity index (χ1v) is 6.25. The van der Waals surface area contributed by atoms with E-state index in [1.165, 1.54) is 6.20 Å². The summed E-state index contributed by atoms with van der Waals surface area (Å²) in [5.41, 5.74) is 1.06. The molecule has 1 aromatic carbocycles. The fourth-order valence-electron chi connectivity index (χ4n) is 1.58. The number of aromatic nitrogens is 2. The molecule has 0 fully saturated rings. The predicted molar refractivity (Wildman–Crippen MR) is 72.6 cm³/mol. The third-order valence-corrected chi connectivity index (χ3v) is 2.89. The molecule has 96 valence electrons. The highest BCUT2D eigenvalue weighted by molar-refractivity contribution is 6.31. The second-order valence-corrected chi connectivity index (χ2v) is 4.70. The summed E-state index contributed by atoms with van der Waals surface area (Å²) >= 11 is 11.6. The zero-order valence-corrected chi connectivity index (χ0v) is 11.1. The molecule has 0 saturated carbocycles. The van der Waals surface area contributed by atoms with E-state index in [-0.39, 0.29) is 6.61 Å². The number of nitrogens with zero attached hydrogens (tertiary/aromatic N) is 2. The zero-order chi connectivity index (χ0) is 13.2. The largest absolute Gasteiger partial charge is 0.484 e. The van der Waals surface area contributed by atoms with Crippen LogP contribution in [0.25, 0.3) is 11.2 Å².